The molecule has 0 fully saturated rings. The molecule has 0 aromatic carbocycles. The molecule has 0 aromatic rings. The highest BCUT2D eigenvalue weighted by Gasteiger charge is 2.12. The number of hydrogen-bond acceptors (Lipinski definition) is 0. The Kier molecular flexibility index (Phi) is 12.4. The fourth-order valence-corrected chi connectivity index (χ4v) is 2.20. The van der Waals surface area contributed by atoms with Gasteiger partial charge in [-0.05, 0) is 12.3 Å². The van der Waals surface area contributed by atoms with Crippen LogP contribution in [0.4, 0.5) is 0 Å². The molecule has 0 amide bonds. The quantitative estimate of drug-likeness (QED) is 0.388. The average molecular weight is 241 g/mol. The first-order valence-electron chi connectivity index (χ1n) is 7.88. The van der Waals surface area contributed by atoms with Crippen LogP contribution in [0.15, 0.2) is 0 Å². The Morgan fingerprint density at radius 2 is 1.24 bits per heavy atom. The van der Waals surface area contributed by atoms with Crippen LogP contribution in [0.25, 0.3) is 0 Å². The maximum Gasteiger partial charge on any atom is 0.0955 e. The fraction of sp³-hybridized carbons (Fsp3) is 1.00. The molecule has 0 N–H and O–H groups in total. The van der Waals surface area contributed by atoms with Crippen molar-refractivity contribution in [3.8, 4) is 0 Å². The second-order valence-corrected chi connectivity index (χ2v) is 5.54. The molecule has 1 radical (unpaired) electrons. The Morgan fingerprint density at radius 1 is 0.765 bits per heavy atom. The molecular formula is C16H33O. The topological polar surface area (TPSA) is 19.9 Å². The van der Waals surface area contributed by atoms with Gasteiger partial charge in [0.05, 0.1) is 6.10 Å². The highest BCUT2D eigenvalue weighted by atomic mass is 16.3. The zero-order chi connectivity index (χ0) is 12.9. The first-order valence-corrected chi connectivity index (χ1v) is 7.88. The zero-order valence-electron chi connectivity index (χ0n) is 12.3. The lowest BCUT2D eigenvalue weighted by molar-refractivity contribution is 0.0328. The van der Waals surface area contributed by atoms with E-state index in [-0.39, 0.29) is 6.10 Å². The van der Waals surface area contributed by atoms with Crippen LogP contribution in [-0.2, 0) is 5.11 Å². The fourth-order valence-electron chi connectivity index (χ4n) is 2.20. The standard InChI is InChI=1S/C16H33O/c1-4-6-7-8-9-10-11-12-13-14-16(17)15(3)5-2/h15-16H,4-14H2,1-3H3. The van der Waals surface area contributed by atoms with Crippen LogP contribution in [0.5, 0.6) is 0 Å². The smallest absolute Gasteiger partial charge is 0.0955 e. The lowest BCUT2D eigenvalue weighted by atomic mass is 9.96. The van der Waals surface area contributed by atoms with Crippen LogP contribution >= 0.6 is 0 Å². The Bertz CT molecular complexity index is 144. The van der Waals surface area contributed by atoms with Crippen LogP contribution in [0.2, 0.25) is 0 Å². The SMILES string of the molecule is CCCCCCCCCCCC([O])C(C)CC. The van der Waals surface area contributed by atoms with E-state index in [1.807, 2.05) is 0 Å². The molecule has 0 heterocycles. The molecule has 0 aliphatic rings. The largest absolute Gasteiger partial charge is 0.233 e. The van der Waals surface area contributed by atoms with Crippen molar-refractivity contribution < 1.29 is 5.11 Å². The molecule has 0 saturated carbocycles. The number of hydrogen-bond donors (Lipinski definition) is 0. The molecule has 0 saturated heterocycles. The van der Waals surface area contributed by atoms with E-state index in [0.29, 0.717) is 5.92 Å². The van der Waals surface area contributed by atoms with Gasteiger partial charge in [-0.1, -0.05) is 85.0 Å². The van der Waals surface area contributed by atoms with Gasteiger partial charge in [0.25, 0.3) is 0 Å². The van der Waals surface area contributed by atoms with Crippen molar-refractivity contribution in [2.45, 2.75) is 97.5 Å². The Balaban J connectivity index is 3.13. The Morgan fingerprint density at radius 3 is 1.71 bits per heavy atom. The van der Waals surface area contributed by atoms with Crippen LogP contribution in [0, 0.1) is 5.92 Å². The minimum absolute atomic E-state index is 0.315. The van der Waals surface area contributed by atoms with E-state index in [9.17, 15) is 5.11 Å². The molecule has 0 aromatic heterocycles. The van der Waals surface area contributed by atoms with Crippen molar-refractivity contribution in [3.05, 3.63) is 0 Å². The third kappa shape index (κ3) is 10.8. The second kappa shape index (κ2) is 12.4. The van der Waals surface area contributed by atoms with Crippen molar-refractivity contribution >= 4 is 0 Å². The summed E-state index contributed by atoms with van der Waals surface area (Å²) in [5, 5.41) is 11.7. The molecule has 1 heteroatoms. The summed E-state index contributed by atoms with van der Waals surface area (Å²) in [6.07, 6.45) is 13.7. The molecule has 0 spiro atoms. The maximum absolute atomic E-state index is 11.7. The van der Waals surface area contributed by atoms with Crippen molar-refractivity contribution in [1.82, 2.24) is 0 Å². The Hall–Kier alpha value is -0.0400. The summed E-state index contributed by atoms with van der Waals surface area (Å²) in [7, 11) is 0. The average Bonchev–Trinajstić information content (AvgIpc) is 2.35. The van der Waals surface area contributed by atoms with E-state index in [4.69, 9.17) is 0 Å². The third-order valence-electron chi connectivity index (χ3n) is 3.87. The maximum atomic E-state index is 11.7. The van der Waals surface area contributed by atoms with E-state index in [2.05, 4.69) is 20.8 Å². The lowest BCUT2D eigenvalue weighted by Crippen LogP contribution is -2.14. The van der Waals surface area contributed by atoms with Gasteiger partial charge < -0.3 is 0 Å². The van der Waals surface area contributed by atoms with Gasteiger partial charge in [0, 0.05) is 0 Å². The van der Waals surface area contributed by atoms with Crippen LogP contribution in [0.3, 0.4) is 0 Å². The summed E-state index contributed by atoms with van der Waals surface area (Å²) >= 11 is 0. The number of unbranched alkanes of at least 4 members (excludes halogenated alkanes) is 8. The Labute approximate surface area is 109 Å². The van der Waals surface area contributed by atoms with Crippen LogP contribution in [0.1, 0.15) is 91.4 Å². The van der Waals surface area contributed by atoms with Crippen molar-refractivity contribution in [2.75, 3.05) is 0 Å². The normalized spacial score (nSPS) is 14.8. The summed E-state index contributed by atoms with van der Waals surface area (Å²) in [6, 6.07) is 0. The first-order chi connectivity index (χ1) is 8.22. The number of rotatable bonds is 12. The van der Waals surface area contributed by atoms with E-state index in [1.165, 1.54) is 51.4 Å². The molecule has 17 heavy (non-hydrogen) atoms. The lowest BCUT2D eigenvalue weighted by Gasteiger charge is -2.14. The molecule has 0 bridgehead atoms. The van der Waals surface area contributed by atoms with Crippen molar-refractivity contribution in [2.24, 2.45) is 5.92 Å². The van der Waals surface area contributed by atoms with Gasteiger partial charge in [-0.2, -0.15) is 0 Å². The summed E-state index contributed by atoms with van der Waals surface area (Å²) in [4.78, 5) is 0. The van der Waals surface area contributed by atoms with Gasteiger partial charge in [-0.15, -0.1) is 0 Å². The highest BCUT2D eigenvalue weighted by Crippen LogP contribution is 2.16. The first kappa shape index (κ1) is 17.0. The van der Waals surface area contributed by atoms with Crippen LogP contribution in [-0.4, -0.2) is 6.10 Å². The molecule has 1 nitrogen and oxygen atoms in total. The molecule has 2 atom stereocenters. The predicted octanol–water partition coefficient (Wildman–Crippen LogP) is 5.75. The van der Waals surface area contributed by atoms with Gasteiger partial charge in [-0.25, -0.2) is 5.11 Å². The molecule has 103 valence electrons. The molecular weight excluding hydrogens is 208 g/mol. The minimum atomic E-state index is -0.315. The van der Waals surface area contributed by atoms with Gasteiger partial charge >= 0.3 is 0 Å². The predicted molar refractivity (Wildman–Crippen MR) is 75.8 cm³/mol. The molecule has 2 unspecified atom stereocenters. The van der Waals surface area contributed by atoms with E-state index in [1.54, 1.807) is 0 Å². The third-order valence-corrected chi connectivity index (χ3v) is 3.87. The summed E-state index contributed by atoms with van der Waals surface area (Å²) in [5.74, 6) is 0.365. The molecule has 0 aliphatic carbocycles. The van der Waals surface area contributed by atoms with E-state index >= 15 is 0 Å². The monoisotopic (exact) mass is 241 g/mol. The molecule has 0 rings (SSSR count). The highest BCUT2D eigenvalue weighted by molar-refractivity contribution is 4.62. The summed E-state index contributed by atoms with van der Waals surface area (Å²) in [6.45, 7) is 6.47. The van der Waals surface area contributed by atoms with E-state index in [0.717, 1.165) is 19.3 Å². The summed E-state index contributed by atoms with van der Waals surface area (Å²) < 4.78 is 0. The zero-order valence-corrected chi connectivity index (χ0v) is 12.3. The van der Waals surface area contributed by atoms with E-state index < -0.39 is 0 Å². The van der Waals surface area contributed by atoms with Gasteiger partial charge in [0.15, 0.2) is 0 Å². The van der Waals surface area contributed by atoms with Crippen LogP contribution < -0.4 is 0 Å². The van der Waals surface area contributed by atoms with Crippen molar-refractivity contribution in [3.63, 3.8) is 0 Å². The molecule has 0 aliphatic heterocycles. The van der Waals surface area contributed by atoms with Gasteiger partial charge in [0.1, 0.15) is 0 Å². The van der Waals surface area contributed by atoms with Gasteiger partial charge in [-0.3, -0.25) is 0 Å². The van der Waals surface area contributed by atoms with Gasteiger partial charge in [0.2, 0.25) is 0 Å². The minimum Gasteiger partial charge on any atom is -0.233 e. The van der Waals surface area contributed by atoms with Crippen molar-refractivity contribution in [1.29, 1.82) is 0 Å². The summed E-state index contributed by atoms with van der Waals surface area (Å²) in [5.41, 5.74) is 0. The second-order valence-electron chi connectivity index (χ2n) is 5.54.